The molecule has 19 heavy (non-hydrogen) atoms. The molecule has 0 aromatic heterocycles. The second-order valence-electron chi connectivity index (χ2n) is 4.15. The topological polar surface area (TPSA) is 0 Å². The maximum Gasteiger partial charge on any atom is 0.128 e. The molecule has 0 bridgehead atoms. The molecule has 0 unspecified atom stereocenters. The van der Waals surface area contributed by atoms with Crippen LogP contribution in [0.25, 0.3) is 0 Å². The summed E-state index contributed by atoms with van der Waals surface area (Å²) in [5, 5.41) is 0.488. The Hall–Kier alpha value is -0.700. The van der Waals surface area contributed by atoms with Gasteiger partial charge in [0.05, 0.1) is 0 Å². The maximum absolute atomic E-state index is 13.6. The third-order valence-corrected chi connectivity index (χ3v) is 4.42. The Bertz CT molecular complexity index is 537. The molecule has 0 radical (unpaired) electrons. The lowest BCUT2D eigenvalue weighted by atomic mass is 10.2. The van der Waals surface area contributed by atoms with E-state index in [4.69, 9.17) is 23.2 Å². The summed E-state index contributed by atoms with van der Waals surface area (Å²) in [6, 6.07) is 12.9. The van der Waals surface area contributed by atoms with Crippen LogP contribution in [0.2, 0.25) is 5.02 Å². The first kappa shape index (κ1) is 14.7. The largest absolute Gasteiger partial charge is 0.207 e. The average Bonchev–Trinajstić information content (AvgIpc) is 2.42. The Labute approximate surface area is 126 Å². The molecule has 4 heteroatoms. The predicted octanol–water partition coefficient (Wildman–Crippen LogP) is 5.65. The highest BCUT2D eigenvalue weighted by molar-refractivity contribution is 7.97. The molecule has 0 nitrogen and oxygen atoms in total. The van der Waals surface area contributed by atoms with Crippen molar-refractivity contribution in [3.05, 3.63) is 70.0 Å². The first-order valence-electron chi connectivity index (χ1n) is 5.85. The van der Waals surface area contributed by atoms with Gasteiger partial charge in [-0.2, -0.15) is 11.8 Å². The van der Waals surface area contributed by atoms with Crippen LogP contribution in [-0.2, 0) is 17.4 Å². The zero-order valence-electron chi connectivity index (χ0n) is 10.2. The first-order valence-corrected chi connectivity index (χ1v) is 7.92. The smallest absolute Gasteiger partial charge is 0.128 e. The Morgan fingerprint density at radius 3 is 2.47 bits per heavy atom. The van der Waals surface area contributed by atoms with Gasteiger partial charge in [0.1, 0.15) is 5.82 Å². The molecule has 0 fully saturated rings. The number of thioether (sulfide) groups is 1. The molecule has 100 valence electrons. The third-order valence-electron chi connectivity index (χ3n) is 2.72. The first-order chi connectivity index (χ1) is 9.20. The highest BCUT2D eigenvalue weighted by Gasteiger charge is 2.06. The van der Waals surface area contributed by atoms with Gasteiger partial charge in [-0.3, -0.25) is 0 Å². The van der Waals surface area contributed by atoms with Crippen molar-refractivity contribution in [3.63, 3.8) is 0 Å². The van der Waals surface area contributed by atoms with Gasteiger partial charge in [-0.25, -0.2) is 4.39 Å². The zero-order chi connectivity index (χ0) is 13.7. The van der Waals surface area contributed by atoms with Crippen LogP contribution in [0.1, 0.15) is 16.7 Å². The van der Waals surface area contributed by atoms with Crippen LogP contribution in [0.5, 0.6) is 0 Å². The van der Waals surface area contributed by atoms with Gasteiger partial charge < -0.3 is 0 Å². The molecule has 2 aromatic rings. The third kappa shape index (κ3) is 4.13. The molecule has 0 aliphatic carbocycles. The van der Waals surface area contributed by atoms with Gasteiger partial charge >= 0.3 is 0 Å². The van der Waals surface area contributed by atoms with E-state index in [1.54, 1.807) is 23.9 Å². The molecule has 0 spiro atoms. The summed E-state index contributed by atoms with van der Waals surface area (Å²) in [6.07, 6.45) is 0. The standard InChI is InChI=1S/C15H13Cl2FS/c16-8-11-3-1-4-12(7-11)9-19-10-13-14(17)5-2-6-15(13)18/h1-7H,8-10H2. The number of hydrogen-bond acceptors (Lipinski definition) is 1. The molecule has 2 aromatic carbocycles. The van der Waals surface area contributed by atoms with E-state index in [0.717, 1.165) is 11.3 Å². The van der Waals surface area contributed by atoms with Gasteiger partial charge in [-0.15, -0.1) is 11.6 Å². The lowest BCUT2D eigenvalue weighted by Crippen LogP contribution is -1.90. The van der Waals surface area contributed by atoms with Gasteiger partial charge in [-0.1, -0.05) is 41.9 Å². The Morgan fingerprint density at radius 2 is 1.74 bits per heavy atom. The van der Waals surface area contributed by atoms with Crippen molar-refractivity contribution in [3.8, 4) is 0 Å². The number of rotatable bonds is 5. The van der Waals surface area contributed by atoms with E-state index >= 15 is 0 Å². The van der Waals surface area contributed by atoms with E-state index in [1.807, 2.05) is 18.2 Å². The summed E-state index contributed by atoms with van der Waals surface area (Å²) in [7, 11) is 0. The number of halogens is 3. The lowest BCUT2D eigenvalue weighted by Gasteiger charge is -2.06. The zero-order valence-corrected chi connectivity index (χ0v) is 12.5. The fraction of sp³-hybridized carbons (Fsp3) is 0.200. The van der Waals surface area contributed by atoms with Gasteiger partial charge in [0.2, 0.25) is 0 Å². The predicted molar refractivity (Wildman–Crippen MR) is 82.4 cm³/mol. The summed E-state index contributed by atoms with van der Waals surface area (Å²) < 4.78 is 13.6. The molecule has 0 atom stereocenters. The number of hydrogen-bond donors (Lipinski definition) is 0. The van der Waals surface area contributed by atoms with E-state index in [9.17, 15) is 4.39 Å². The minimum absolute atomic E-state index is 0.241. The van der Waals surface area contributed by atoms with E-state index < -0.39 is 0 Å². The quantitative estimate of drug-likeness (QED) is 0.642. The van der Waals surface area contributed by atoms with Crippen molar-refractivity contribution >= 4 is 35.0 Å². The van der Waals surface area contributed by atoms with Crippen LogP contribution in [0.4, 0.5) is 4.39 Å². The highest BCUT2D eigenvalue weighted by Crippen LogP contribution is 2.26. The molecule has 0 aliphatic heterocycles. The normalized spacial score (nSPS) is 10.7. The van der Waals surface area contributed by atoms with Gasteiger partial charge in [0.15, 0.2) is 0 Å². The van der Waals surface area contributed by atoms with E-state index in [0.29, 0.717) is 22.2 Å². The molecule has 0 heterocycles. The fourth-order valence-electron chi connectivity index (χ4n) is 1.74. The Kier molecular flexibility index (Phi) is 5.56. The van der Waals surface area contributed by atoms with Gasteiger partial charge in [-0.05, 0) is 23.3 Å². The summed E-state index contributed by atoms with van der Waals surface area (Å²) >= 11 is 13.4. The van der Waals surface area contributed by atoms with Crippen molar-refractivity contribution in [2.75, 3.05) is 0 Å². The van der Waals surface area contributed by atoms with Crippen molar-refractivity contribution in [2.45, 2.75) is 17.4 Å². The molecule has 0 N–H and O–H groups in total. The molecule has 0 aliphatic rings. The van der Waals surface area contributed by atoms with Crippen molar-refractivity contribution in [2.24, 2.45) is 0 Å². The molecule has 0 amide bonds. The summed E-state index contributed by atoms with van der Waals surface area (Å²) in [4.78, 5) is 0. The van der Waals surface area contributed by atoms with Crippen LogP contribution in [0.15, 0.2) is 42.5 Å². The van der Waals surface area contributed by atoms with Crippen molar-refractivity contribution in [1.82, 2.24) is 0 Å². The number of alkyl halides is 1. The number of benzene rings is 2. The van der Waals surface area contributed by atoms with E-state index in [-0.39, 0.29) is 5.82 Å². The van der Waals surface area contributed by atoms with Crippen molar-refractivity contribution in [1.29, 1.82) is 0 Å². The molecule has 0 saturated heterocycles. The monoisotopic (exact) mass is 314 g/mol. The van der Waals surface area contributed by atoms with Gasteiger partial charge in [0.25, 0.3) is 0 Å². The minimum Gasteiger partial charge on any atom is -0.207 e. The molecule has 0 saturated carbocycles. The molecular formula is C15H13Cl2FS. The van der Waals surface area contributed by atoms with E-state index in [1.165, 1.54) is 11.6 Å². The second kappa shape index (κ2) is 7.18. The van der Waals surface area contributed by atoms with Gasteiger partial charge in [0, 0.05) is 28.0 Å². The second-order valence-corrected chi connectivity index (χ2v) is 5.81. The molecule has 2 rings (SSSR count). The summed E-state index contributed by atoms with van der Waals surface area (Å²) in [6.45, 7) is 0. The maximum atomic E-state index is 13.6. The summed E-state index contributed by atoms with van der Waals surface area (Å²) in [5.41, 5.74) is 2.86. The van der Waals surface area contributed by atoms with Crippen LogP contribution in [0, 0.1) is 5.82 Å². The van der Waals surface area contributed by atoms with Crippen LogP contribution >= 0.6 is 35.0 Å². The van der Waals surface area contributed by atoms with Crippen LogP contribution in [-0.4, -0.2) is 0 Å². The van der Waals surface area contributed by atoms with Crippen molar-refractivity contribution < 1.29 is 4.39 Å². The summed E-state index contributed by atoms with van der Waals surface area (Å²) in [5.74, 6) is 1.65. The average molecular weight is 315 g/mol. The van der Waals surface area contributed by atoms with Crippen LogP contribution in [0.3, 0.4) is 0 Å². The lowest BCUT2D eigenvalue weighted by molar-refractivity contribution is 0.617. The minimum atomic E-state index is -0.241. The Balaban J connectivity index is 1.96. The van der Waals surface area contributed by atoms with Crippen LogP contribution < -0.4 is 0 Å². The highest BCUT2D eigenvalue weighted by atomic mass is 35.5. The SMILES string of the molecule is Fc1cccc(Cl)c1CSCc1cccc(CCl)c1. The Morgan fingerprint density at radius 1 is 1.00 bits per heavy atom. The fourth-order valence-corrected chi connectivity index (χ4v) is 3.23. The molecular weight excluding hydrogens is 302 g/mol. The van der Waals surface area contributed by atoms with E-state index in [2.05, 4.69) is 6.07 Å².